The molecule has 0 saturated heterocycles. The van der Waals surface area contributed by atoms with E-state index in [1.54, 1.807) is 0 Å². The van der Waals surface area contributed by atoms with Crippen LogP contribution < -0.4 is 0 Å². The molecule has 1 aliphatic carbocycles. The highest BCUT2D eigenvalue weighted by molar-refractivity contribution is 5.87. The Hall–Kier alpha value is -1.05. The summed E-state index contributed by atoms with van der Waals surface area (Å²) in [6, 6.07) is 0. The molecule has 0 aromatic carbocycles. The van der Waals surface area contributed by atoms with Crippen LogP contribution >= 0.6 is 0 Å². The first-order valence-corrected chi connectivity index (χ1v) is 5.42. The van der Waals surface area contributed by atoms with Crippen LogP contribution in [0, 0.1) is 5.41 Å². The lowest BCUT2D eigenvalue weighted by atomic mass is 9.82. The molecule has 0 atom stereocenters. The van der Waals surface area contributed by atoms with Gasteiger partial charge in [-0.05, 0) is 43.3 Å². The van der Waals surface area contributed by atoms with E-state index in [0.717, 1.165) is 12.8 Å². The molecule has 2 nitrogen and oxygen atoms in total. The molecule has 0 aromatic rings. The van der Waals surface area contributed by atoms with E-state index in [2.05, 4.69) is 27.7 Å². The maximum Gasteiger partial charge on any atom is 0.331 e. The first kappa shape index (κ1) is 12.0. The van der Waals surface area contributed by atoms with Crippen molar-refractivity contribution in [2.75, 3.05) is 0 Å². The molecule has 0 aliphatic heterocycles. The van der Waals surface area contributed by atoms with Gasteiger partial charge >= 0.3 is 5.97 Å². The average Bonchev–Trinajstić information content (AvgIpc) is 2.06. The van der Waals surface area contributed by atoms with Crippen LogP contribution in [0.2, 0.25) is 0 Å². The monoisotopic (exact) mass is 208 g/mol. The highest BCUT2D eigenvalue weighted by Crippen LogP contribution is 2.32. The molecule has 84 valence electrons. The minimum absolute atomic E-state index is 0.216. The van der Waals surface area contributed by atoms with Crippen LogP contribution in [0.15, 0.2) is 22.8 Å². The molecule has 1 aliphatic rings. The molecule has 0 unspecified atom stereocenters. The molecular formula is C13H20O2. The minimum atomic E-state index is -0.770. The van der Waals surface area contributed by atoms with Crippen molar-refractivity contribution in [1.82, 2.24) is 0 Å². The summed E-state index contributed by atoms with van der Waals surface area (Å²) >= 11 is 0. The fraction of sp³-hybridized carbons (Fsp3) is 0.615. The third kappa shape index (κ3) is 3.54. The molecule has 1 N–H and O–H groups in total. The number of carbonyl (C=O) groups is 1. The van der Waals surface area contributed by atoms with E-state index in [1.165, 1.54) is 11.1 Å². The highest BCUT2D eigenvalue weighted by atomic mass is 16.4. The number of aliphatic carboxylic acids is 1. The Morgan fingerprint density at radius 3 is 2.47 bits per heavy atom. The van der Waals surface area contributed by atoms with E-state index in [0.29, 0.717) is 12.0 Å². The molecule has 0 heterocycles. The van der Waals surface area contributed by atoms with E-state index < -0.39 is 5.97 Å². The largest absolute Gasteiger partial charge is 0.478 e. The van der Waals surface area contributed by atoms with Crippen molar-refractivity contribution in [3.63, 3.8) is 0 Å². The van der Waals surface area contributed by atoms with E-state index >= 15 is 0 Å². The van der Waals surface area contributed by atoms with Gasteiger partial charge in [-0.1, -0.05) is 26.3 Å². The molecular weight excluding hydrogens is 188 g/mol. The topological polar surface area (TPSA) is 37.3 Å². The van der Waals surface area contributed by atoms with Gasteiger partial charge in [0.05, 0.1) is 0 Å². The van der Waals surface area contributed by atoms with Crippen molar-refractivity contribution in [2.45, 2.75) is 47.0 Å². The lowest BCUT2D eigenvalue weighted by Crippen LogP contribution is -2.11. The Labute approximate surface area is 91.7 Å². The molecule has 0 aromatic heterocycles. The molecule has 0 bridgehead atoms. The first-order valence-electron chi connectivity index (χ1n) is 5.42. The van der Waals surface area contributed by atoms with Gasteiger partial charge < -0.3 is 5.11 Å². The fourth-order valence-electron chi connectivity index (χ4n) is 1.83. The summed E-state index contributed by atoms with van der Waals surface area (Å²) in [7, 11) is 0. The average molecular weight is 208 g/mol. The van der Waals surface area contributed by atoms with Crippen LogP contribution in [0.25, 0.3) is 0 Å². The molecule has 0 saturated carbocycles. The quantitative estimate of drug-likeness (QED) is 0.753. The van der Waals surface area contributed by atoms with E-state index in [9.17, 15) is 4.79 Å². The number of rotatable bonds is 2. The maximum absolute atomic E-state index is 10.9. The standard InChI is InChI=1S/C13H20O2/c1-9-5-6-10(12(14)15)7-11(9)8-13(2,3)4/h7H,5-6,8H2,1-4H3,(H,14,15). The summed E-state index contributed by atoms with van der Waals surface area (Å²) in [6.45, 7) is 8.64. The zero-order valence-corrected chi connectivity index (χ0v) is 10.1. The lowest BCUT2D eigenvalue weighted by Gasteiger charge is -2.23. The SMILES string of the molecule is CC1=C(CC(C)(C)C)C=C(C(=O)O)CC1. The Morgan fingerprint density at radius 1 is 1.40 bits per heavy atom. The normalized spacial score (nSPS) is 17.7. The predicted molar refractivity (Wildman–Crippen MR) is 61.7 cm³/mol. The van der Waals surface area contributed by atoms with Crippen LogP contribution in [-0.2, 0) is 4.79 Å². The maximum atomic E-state index is 10.9. The number of hydrogen-bond donors (Lipinski definition) is 1. The van der Waals surface area contributed by atoms with Crippen LogP contribution in [0.1, 0.15) is 47.0 Å². The zero-order valence-electron chi connectivity index (χ0n) is 10.1. The molecule has 0 spiro atoms. The van der Waals surface area contributed by atoms with E-state index in [4.69, 9.17) is 5.11 Å². The highest BCUT2D eigenvalue weighted by Gasteiger charge is 2.19. The number of allylic oxidation sites excluding steroid dienone is 3. The number of hydrogen-bond acceptors (Lipinski definition) is 1. The zero-order chi connectivity index (χ0) is 11.6. The van der Waals surface area contributed by atoms with Gasteiger partial charge in [0.2, 0.25) is 0 Å². The third-order valence-electron chi connectivity index (χ3n) is 2.66. The summed E-state index contributed by atoms with van der Waals surface area (Å²) in [5.74, 6) is -0.770. The van der Waals surface area contributed by atoms with Gasteiger partial charge in [0.1, 0.15) is 0 Å². The molecule has 0 fully saturated rings. The van der Waals surface area contributed by atoms with Crippen molar-refractivity contribution < 1.29 is 9.90 Å². The van der Waals surface area contributed by atoms with Crippen molar-refractivity contribution in [3.8, 4) is 0 Å². The molecule has 2 heteroatoms. The number of carboxylic acids is 1. The summed E-state index contributed by atoms with van der Waals surface area (Å²) in [5, 5.41) is 8.95. The van der Waals surface area contributed by atoms with Crippen LogP contribution in [0.4, 0.5) is 0 Å². The predicted octanol–water partition coefficient (Wildman–Crippen LogP) is 3.54. The summed E-state index contributed by atoms with van der Waals surface area (Å²) < 4.78 is 0. The summed E-state index contributed by atoms with van der Waals surface area (Å²) in [5.41, 5.74) is 3.33. The Balaban J connectivity index is 2.90. The van der Waals surface area contributed by atoms with Gasteiger partial charge in [0, 0.05) is 5.57 Å². The van der Waals surface area contributed by atoms with Crippen LogP contribution in [-0.4, -0.2) is 11.1 Å². The number of carboxylic acid groups (broad SMARTS) is 1. The summed E-state index contributed by atoms with van der Waals surface area (Å²) in [6.07, 6.45) is 4.39. The van der Waals surface area contributed by atoms with Gasteiger partial charge in [-0.15, -0.1) is 0 Å². The molecule has 0 amide bonds. The van der Waals surface area contributed by atoms with Crippen LogP contribution in [0.5, 0.6) is 0 Å². The van der Waals surface area contributed by atoms with Crippen molar-refractivity contribution >= 4 is 5.97 Å². The van der Waals surface area contributed by atoms with Crippen molar-refractivity contribution in [2.24, 2.45) is 5.41 Å². The molecule has 0 radical (unpaired) electrons. The van der Waals surface area contributed by atoms with Crippen molar-refractivity contribution in [3.05, 3.63) is 22.8 Å². The van der Waals surface area contributed by atoms with E-state index in [1.807, 2.05) is 6.08 Å². The van der Waals surface area contributed by atoms with Gasteiger partial charge in [-0.25, -0.2) is 4.79 Å². The molecule has 1 rings (SSSR count). The van der Waals surface area contributed by atoms with Crippen LogP contribution in [0.3, 0.4) is 0 Å². The Kier molecular flexibility index (Phi) is 3.38. The van der Waals surface area contributed by atoms with Gasteiger partial charge in [-0.3, -0.25) is 0 Å². The Bertz CT molecular complexity index is 327. The van der Waals surface area contributed by atoms with Crippen molar-refractivity contribution in [1.29, 1.82) is 0 Å². The van der Waals surface area contributed by atoms with Gasteiger partial charge in [0.25, 0.3) is 0 Å². The third-order valence-corrected chi connectivity index (χ3v) is 2.66. The molecule has 15 heavy (non-hydrogen) atoms. The first-order chi connectivity index (χ1) is 6.79. The fourth-order valence-corrected chi connectivity index (χ4v) is 1.83. The Morgan fingerprint density at radius 2 is 2.00 bits per heavy atom. The minimum Gasteiger partial charge on any atom is -0.478 e. The second kappa shape index (κ2) is 4.21. The van der Waals surface area contributed by atoms with Gasteiger partial charge in [0.15, 0.2) is 0 Å². The summed E-state index contributed by atoms with van der Waals surface area (Å²) in [4.78, 5) is 10.9. The smallest absolute Gasteiger partial charge is 0.331 e. The van der Waals surface area contributed by atoms with E-state index in [-0.39, 0.29) is 5.41 Å². The van der Waals surface area contributed by atoms with Gasteiger partial charge in [-0.2, -0.15) is 0 Å². The second-order valence-electron chi connectivity index (χ2n) is 5.52. The second-order valence-corrected chi connectivity index (χ2v) is 5.52. The lowest BCUT2D eigenvalue weighted by molar-refractivity contribution is -0.132.